The lowest BCUT2D eigenvalue weighted by Crippen LogP contribution is -2.48. The summed E-state index contributed by atoms with van der Waals surface area (Å²) in [6.07, 6.45) is 3.87. The van der Waals surface area contributed by atoms with Crippen molar-refractivity contribution in [3.63, 3.8) is 0 Å². The molecule has 0 radical (unpaired) electrons. The summed E-state index contributed by atoms with van der Waals surface area (Å²) < 4.78 is 11.3. The molecule has 22 heavy (non-hydrogen) atoms. The minimum Gasteiger partial charge on any atom is -0.486 e. The Kier molecular flexibility index (Phi) is 2.46. The van der Waals surface area contributed by atoms with Gasteiger partial charge in [0.1, 0.15) is 5.60 Å². The second-order valence-corrected chi connectivity index (χ2v) is 7.28. The van der Waals surface area contributed by atoms with E-state index in [0.717, 1.165) is 42.6 Å². The number of fused-ring (bicyclic) bond motifs is 1. The minimum absolute atomic E-state index is 0.483. The van der Waals surface area contributed by atoms with Crippen LogP contribution in [0.2, 0.25) is 0 Å². The van der Waals surface area contributed by atoms with E-state index in [2.05, 4.69) is 0 Å². The van der Waals surface area contributed by atoms with E-state index in [1.54, 1.807) is 0 Å². The van der Waals surface area contributed by atoms with E-state index >= 15 is 0 Å². The van der Waals surface area contributed by atoms with Crippen molar-refractivity contribution in [1.82, 2.24) is 0 Å². The summed E-state index contributed by atoms with van der Waals surface area (Å²) in [6.45, 7) is 8.00. The number of carbonyl (C=O) groups excluding carboxylic acids is 2. The summed E-state index contributed by atoms with van der Waals surface area (Å²) in [5.74, 6) is -0.0490. The molecule has 0 aromatic carbocycles. The molecule has 4 aliphatic rings. The van der Waals surface area contributed by atoms with Crippen LogP contribution in [0.25, 0.3) is 0 Å². The molecule has 0 saturated carbocycles. The molecule has 2 aliphatic heterocycles. The normalized spacial score (nSPS) is 32.7. The molecule has 0 aromatic heterocycles. The molecule has 0 N–H and O–H groups in total. The Morgan fingerprint density at radius 2 is 1.55 bits per heavy atom. The zero-order chi connectivity index (χ0) is 15.9. The zero-order valence-electron chi connectivity index (χ0n) is 13.5. The van der Waals surface area contributed by atoms with Gasteiger partial charge in [-0.2, -0.15) is 0 Å². The minimum atomic E-state index is -0.603. The molecule has 2 aliphatic carbocycles. The number of hydrogen-bond donors (Lipinski definition) is 0. The van der Waals surface area contributed by atoms with E-state index in [1.165, 1.54) is 5.57 Å². The second-order valence-electron chi connectivity index (χ2n) is 7.28. The maximum Gasteiger partial charge on any atom is 0.346 e. The molecule has 0 bridgehead atoms. The number of cyclic esters (lactones) is 2. The van der Waals surface area contributed by atoms with Crippen LogP contribution in [0.1, 0.15) is 53.4 Å². The van der Waals surface area contributed by atoms with E-state index in [9.17, 15) is 9.59 Å². The number of esters is 2. The van der Waals surface area contributed by atoms with Crippen molar-refractivity contribution >= 4 is 11.9 Å². The predicted octanol–water partition coefficient (Wildman–Crippen LogP) is 3.34. The fourth-order valence-corrected chi connectivity index (χ4v) is 4.54. The van der Waals surface area contributed by atoms with Gasteiger partial charge in [0.2, 0.25) is 0 Å². The van der Waals surface area contributed by atoms with Gasteiger partial charge in [-0.1, -0.05) is 13.8 Å². The standard InChI is InChI=1S/C18H20O4/c1-9-10-7-5-6-8-11-12-14(16(20)21-15(12)19)17(2,3)18(4,22-9)13(10)11/h5-8H2,1-4H3/t18-/m1/s1. The van der Waals surface area contributed by atoms with Crippen LogP contribution in [-0.2, 0) is 19.1 Å². The number of rotatable bonds is 0. The first-order chi connectivity index (χ1) is 10.3. The van der Waals surface area contributed by atoms with Crippen LogP contribution in [0, 0.1) is 5.41 Å². The summed E-state index contributed by atoms with van der Waals surface area (Å²) in [7, 11) is 0. The fraction of sp³-hybridized carbons (Fsp3) is 0.556. The van der Waals surface area contributed by atoms with Gasteiger partial charge in [0, 0.05) is 11.0 Å². The first kappa shape index (κ1) is 13.8. The predicted molar refractivity (Wildman–Crippen MR) is 79.6 cm³/mol. The van der Waals surface area contributed by atoms with Crippen LogP contribution < -0.4 is 0 Å². The first-order valence-electron chi connectivity index (χ1n) is 7.93. The monoisotopic (exact) mass is 300 g/mol. The van der Waals surface area contributed by atoms with Gasteiger partial charge < -0.3 is 9.47 Å². The second kappa shape index (κ2) is 3.92. The van der Waals surface area contributed by atoms with Crippen LogP contribution in [0.4, 0.5) is 0 Å². The highest BCUT2D eigenvalue weighted by Crippen LogP contribution is 2.61. The average molecular weight is 300 g/mol. The lowest BCUT2D eigenvalue weighted by Gasteiger charge is -2.45. The highest BCUT2D eigenvalue weighted by molar-refractivity contribution is 6.16. The summed E-state index contributed by atoms with van der Waals surface area (Å²) >= 11 is 0. The summed E-state index contributed by atoms with van der Waals surface area (Å²) in [5, 5.41) is 0. The number of ether oxygens (including phenoxy) is 2. The quantitative estimate of drug-likeness (QED) is 0.508. The zero-order valence-corrected chi connectivity index (χ0v) is 13.5. The van der Waals surface area contributed by atoms with Gasteiger partial charge in [0.15, 0.2) is 0 Å². The summed E-state index contributed by atoms with van der Waals surface area (Å²) in [5.41, 5.74) is 3.15. The number of hydrogen-bond acceptors (Lipinski definition) is 4. The molecule has 0 unspecified atom stereocenters. The van der Waals surface area contributed by atoms with E-state index in [-0.39, 0.29) is 0 Å². The van der Waals surface area contributed by atoms with Gasteiger partial charge in [-0.25, -0.2) is 9.59 Å². The van der Waals surface area contributed by atoms with E-state index < -0.39 is 23.0 Å². The SMILES string of the molecule is CC1=C2CCCCC3=C2[C@@](C)(O1)C(C)(C)C1=C3C(=O)OC1=O. The van der Waals surface area contributed by atoms with Gasteiger partial charge in [-0.15, -0.1) is 0 Å². The van der Waals surface area contributed by atoms with Crippen molar-refractivity contribution in [2.75, 3.05) is 0 Å². The Morgan fingerprint density at radius 3 is 2.23 bits per heavy atom. The molecule has 0 aromatic rings. The highest BCUT2D eigenvalue weighted by Gasteiger charge is 2.62. The van der Waals surface area contributed by atoms with E-state index in [0.29, 0.717) is 11.1 Å². The molecule has 0 spiro atoms. The smallest absolute Gasteiger partial charge is 0.346 e. The van der Waals surface area contributed by atoms with Gasteiger partial charge in [0.25, 0.3) is 0 Å². The van der Waals surface area contributed by atoms with Crippen molar-refractivity contribution in [3.05, 3.63) is 33.6 Å². The molecular weight excluding hydrogens is 280 g/mol. The molecule has 4 heteroatoms. The molecular formula is C18H20O4. The van der Waals surface area contributed by atoms with E-state index in [1.807, 2.05) is 27.7 Å². The Hall–Kier alpha value is -1.84. The maximum absolute atomic E-state index is 12.3. The average Bonchev–Trinajstić information content (AvgIpc) is 2.77. The maximum atomic E-state index is 12.3. The summed E-state index contributed by atoms with van der Waals surface area (Å²) in [6, 6.07) is 0. The molecule has 4 nitrogen and oxygen atoms in total. The van der Waals surface area contributed by atoms with Crippen molar-refractivity contribution < 1.29 is 19.1 Å². The van der Waals surface area contributed by atoms with Crippen molar-refractivity contribution in [2.45, 2.75) is 59.0 Å². The van der Waals surface area contributed by atoms with Crippen LogP contribution in [0.3, 0.4) is 0 Å². The van der Waals surface area contributed by atoms with Gasteiger partial charge >= 0.3 is 11.9 Å². The largest absolute Gasteiger partial charge is 0.486 e. The molecule has 0 fully saturated rings. The molecule has 0 amide bonds. The van der Waals surface area contributed by atoms with Crippen LogP contribution in [0.15, 0.2) is 33.6 Å². The molecule has 2 heterocycles. The number of carbonyl (C=O) groups is 2. The highest BCUT2D eigenvalue weighted by atomic mass is 16.6. The lowest BCUT2D eigenvalue weighted by atomic mass is 9.60. The Bertz CT molecular complexity index is 732. The molecule has 0 saturated heterocycles. The van der Waals surface area contributed by atoms with Crippen molar-refractivity contribution in [1.29, 1.82) is 0 Å². The van der Waals surface area contributed by atoms with Crippen LogP contribution in [0.5, 0.6) is 0 Å². The molecule has 116 valence electrons. The van der Waals surface area contributed by atoms with Crippen molar-refractivity contribution in [3.8, 4) is 0 Å². The third-order valence-electron chi connectivity index (χ3n) is 5.93. The topological polar surface area (TPSA) is 52.6 Å². The molecule has 1 atom stereocenters. The fourth-order valence-electron chi connectivity index (χ4n) is 4.54. The Morgan fingerprint density at radius 1 is 0.909 bits per heavy atom. The van der Waals surface area contributed by atoms with E-state index in [4.69, 9.17) is 9.47 Å². The van der Waals surface area contributed by atoms with Gasteiger partial charge in [0.05, 0.1) is 16.9 Å². The third-order valence-corrected chi connectivity index (χ3v) is 5.93. The van der Waals surface area contributed by atoms with Gasteiger partial charge in [-0.05, 0) is 50.7 Å². The summed E-state index contributed by atoms with van der Waals surface area (Å²) in [4.78, 5) is 24.6. The Balaban J connectivity index is 2.09. The van der Waals surface area contributed by atoms with Gasteiger partial charge in [-0.3, -0.25) is 0 Å². The van der Waals surface area contributed by atoms with Crippen molar-refractivity contribution in [2.24, 2.45) is 5.41 Å². The first-order valence-corrected chi connectivity index (χ1v) is 7.93. The third kappa shape index (κ3) is 1.34. The molecule has 4 rings (SSSR count). The van der Waals surface area contributed by atoms with Crippen LogP contribution >= 0.6 is 0 Å². The van der Waals surface area contributed by atoms with Crippen LogP contribution in [-0.4, -0.2) is 17.5 Å². The Labute approximate surface area is 129 Å². The number of allylic oxidation sites excluding steroid dienone is 1. The lowest BCUT2D eigenvalue weighted by molar-refractivity contribution is -0.152.